The Morgan fingerprint density at radius 3 is 2.46 bits per heavy atom. The number of hydrogen-bond acceptors (Lipinski definition) is 5. The zero-order chi connectivity index (χ0) is 24.7. The Bertz CT molecular complexity index is 1570. The molecule has 0 saturated heterocycles. The molecule has 176 valence electrons. The fourth-order valence-corrected chi connectivity index (χ4v) is 5.50. The van der Waals surface area contributed by atoms with E-state index in [1.54, 1.807) is 36.5 Å². The zero-order valence-electron chi connectivity index (χ0n) is 18.6. The third kappa shape index (κ3) is 4.42. The predicted octanol–water partition coefficient (Wildman–Crippen LogP) is 4.65. The van der Waals surface area contributed by atoms with Crippen molar-refractivity contribution in [2.75, 3.05) is 7.05 Å². The molecule has 0 bridgehead atoms. The molecule has 2 aromatic carbocycles. The topological polar surface area (TPSA) is 80.2 Å². The quantitative estimate of drug-likeness (QED) is 0.380. The van der Waals surface area contributed by atoms with E-state index in [0.717, 1.165) is 28.8 Å². The van der Waals surface area contributed by atoms with E-state index in [1.165, 1.54) is 6.20 Å². The van der Waals surface area contributed by atoms with Gasteiger partial charge in [0.25, 0.3) is 5.91 Å². The molecule has 9 heteroatoms. The first-order chi connectivity index (χ1) is 16.7. The number of fused-ring (bicyclic) bond motifs is 1. The number of halogens is 2. The maximum absolute atomic E-state index is 14.0. The van der Waals surface area contributed by atoms with Crippen LogP contribution in [0.2, 0.25) is 0 Å². The van der Waals surface area contributed by atoms with Crippen LogP contribution in [0, 0.1) is 11.6 Å². The molecule has 0 atom stereocenters. The average Bonchev–Trinajstić information content (AvgIpc) is 3.11. The van der Waals surface area contributed by atoms with E-state index in [-0.39, 0.29) is 5.91 Å². The zero-order valence-corrected chi connectivity index (χ0v) is 19.4. The van der Waals surface area contributed by atoms with Crippen molar-refractivity contribution in [3.63, 3.8) is 0 Å². The lowest BCUT2D eigenvalue weighted by Gasteiger charge is -2.08. The summed E-state index contributed by atoms with van der Waals surface area (Å²) in [4.78, 5) is 21.8. The summed E-state index contributed by atoms with van der Waals surface area (Å²) < 4.78 is 52.5. The molecule has 0 radical (unpaired) electrons. The molecule has 35 heavy (non-hydrogen) atoms. The smallest absolute Gasteiger partial charge is 0.254 e. The summed E-state index contributed by atoms with van der Waals surface area (Å²) in [5.41, 5.74) is 5.02. The molecule has 0 N–H and O–H groups in total. The minimum atomic E-state index is -4.04. The van der Waals surface area contributed by atoms with E-state index < -0.39 is 32.1 Å². The average molecular weight is 492 g/mol. The van der Waals surface area contributed by atoms with Gasteiger partial charge in [-0.05, 0) is 53.1 Å². The molecule has 0 spiro atoms. The molecule has 0 aliphatic carbocycles. The number of amides is 1. The number of carbonyl (C=O) groups is 1. The van der Waals surface area contributed by atoms with Gasteiger partial charge in [-0.25, -0.2) is 17.2 Å². The second kappa shape index (κ2) is 8.66. The second-order valence-electron chi connectivity index (χ2n) is 8.38. The van der Waals surface area contributed by atoms with E-state index in [4.69, 9.17) is 0 Å². The Labute approximate surface area is 200 Å². The Hall–Kier alpha value is -3.98. The maximum Gasteiger partial charge on any atom is 0.254 e. The van der Waals surface area contributed by atoms with Gasteiger partial charge in [0.1, 0.15) is 16.5 Å². The summed E-state index contributed by atoms with van der Waals surface area (Å²) in [6.45, 7) is 0.566. The summed E-state index contributed by atoms with van der Waals surface area (Å²) in [5.74, 6) is -2.46. The van der Waals surface area contributed by atoms with Crippen molar-refractivity contribution in [1.82, 2.24) is 14.9 Å². The van der Waals surface area contributed by atoms with Crippen molar-refractivity contribution >= 4 is 15.7 Å². The van der Waals surface area contributed by atoms with E-state index in [9.17, 15) is 22.0 Å². The van der Waals surface area contributed by atoms with Crippen LogP contribution in [-0.2, 0) is 22.1 Å². The molecule has 1 amide bonds. The van der Waals surface area contributed by atoms with Crippen molar-refractivity contribution in [3.05, 3.63) is 102 Å². The van der Waals surface area contributed by atoms with Gasteiger partial charge in [-0.3, -0.25) is 14.8 Å². The van der Waals surface area contributed by atoms with Crippen LogP contribution in [-0.4, -0.2) is 36.2 Å². The van der Waals surface area contributed by atoms with Gasteiger partial charge in [-0.15, -0.1) is 0 Å². The van der Waals surface area contributed by atoms with Crippen LogP contribution in [0.25, 0.3) is 22.4 Å². The standard InChI is InChI=1S/C26H19F2N3O3S/c1-31-14-20-9-17(2-5-22(20)26(31)32)18-3-6-24(30-13-18)19-8-16(11-29-12-19)15-35(33,34)25-7-4-21(27)10-23(25)28/h2-13H,14-15H2,1H3. The van der Waals surface area contributed by atoms with Gasteiger partial charge in [0.05, 0.1) is 11.4 Å². The molecular weight excluding hydrogens is 472 g/mol. The maximum atomic E-state index is 14.0. The van der Waals surface area contributed by atoms with E-state index in [1.807, 2.05) is 24.3 Å². The Balaban J connectivity index is 1.38. The predicted molar refractivity (Wildman–Crippen MR) is 126 cm³/mol. The number of nitrogens with zero attached hydrogens (tertiary/aromatic N) is 3. The molecule has 6 nitrogen and oxygen atoms in total. The lowest BCUT2D eigenvalue weighted by atomic mass is 10.0. The van der Waals surface area contributed by atoms with Gasteiger partial charge >= 0.3 is 0 Å². The van der Waals surface area contributed by atoms with Crippen LogP contribution < -0.4 is 0 Å². The van der Waals surface area contributed by atoms with E-state index >= 15 is 0 Å². The summed E-state index contributed by atoms with van der Waals surface area (Å²) in [7, 11) is -2.28. The Morgan fingerprint density at radius 2 is 1.71 bits per heavy atom. The van der Waals surface area contributed by atoms with Gasteiger partial charge in [0, 0.05) is 54.9 Å². The van der Waals surface area contributed by atoms with Gasteiger partial charge in [-0.1, -0.05) is 12.1 Å². The first kappa shape index (κ1) is 22.8. The van der Waals surface area contributed by atoms with Crippen LogP contribution in [0.5, 0.6) is 0 Å². The number of pyridine rings is 2. The molecule has 2 aromatic heterocycles. The molecule has 4 aromatic rings. The lowest BCUT2D eigenvalue weighted by Crippen LogP contribution is -2.17. The number of carbonyl (C=O) groups excluding carboxylic acids is 1. The fourth-order valence-electron chi connectivity index (χ4n) is 4.11. The van der Waals surface area contributed by atoms with Gasteiger partial charge < -0.3 is 4.90 Å². The van der Waals surface area contributed by atoms with Crippen molar-refractivity contribution in [2.45, 2.75) is 17.2 Å². The third-order valence-corrected chi connectivity index (χ3v) is 7.58. The van der Waals surface area contributed by atoms with Crippen molar-refractivity contribution in [3.8, 4) is 22.4 Å². The SMILES string of the molecule is CN1Cc2cc(-c3ccc(-c4cncc(CS(=O)(=O)c5ccc(F)cc5F)c4)nc3)ccc2C1=O. The normalized spacial score (nSPS) is 13.2. The van der Waals surface area contributed by atoms with Gasteiger partial charge in [0.15, 0.2) is 9.84 Å². The Morgan fingerprint density at radius 1 is 0.914 bits per heavy atom. The van der Waals surface area contributed by atoms with Crippen LogP contribution in [0.4, 0.5) is 8.78 Å². The van der Waals surface area contributed by atoms with Crippen molar-refractivity contribution in [2.24, 2.45) is 0 Å². The summed E-state index contributed by atoms with van der Waals surface area (Å²) in [6, 6.07) is 13.4. The van der Waals surface area contributed by atoms with Crippen LogP contribution >= 0.6 is 0 Å². The summed E-state index contributed by atoms with van der Waals surface area (Å²) in [5, 5.41) is 0. The molecule has 1 aliphatic heterocycles. The minimum absolute atomic E-state index is 0.0107. The fraction of sp³-hybridized carbons (Fsp3) is 0.115. The molecule has 0 fully saturated rings. The minimum Gasteiger partial charge on any atom is -0.337 e. The molecule has 3 heterocycles. The first-order valence-electron chi connectivity index (χ1n) is 10.7. The largest absolute Gasteiger partial charge is 0.337 e. The summed E-state index contributed by atoms with van der Waals surface area (Å²) >= 11 is 0. The van der Waals surface area contributed by atoms with Gasteiger partial charge in [0.2, 0.25) is 0 Å². The number of rotatable bonds is 5. The second-order valence-corrected chi connectivity index (χ2v) is 10.3. The summed E-state index contributed by atoms with van der Waals surface area (Å²) in [6.07, 6.45) is 4.65. The van der Waals surface area contributed by atoms with Crippen LogP contribution in [0.15, 0.2) is 78.1 Å². The molecule has 1 aliphatic rings. The highest BCUT2D eigenvalue weighted by atomic mass is 32.2. The monoisotopic (exact) mass is 491 g/mol. The van der Waals surface area contributed by atoms with Gasteiger partial charge in [-0.2, -0.15) is 0 Å². The van der Waals surface area contributed by atoms with Crippen molar-refractivity contribution < 1.29 is 22.0 Å². The lowest BCUT2D eigenvalue weighted by molar-refractivity contribution is 0.0816. The molecular formula is C26H19F2N3O3S. The van der Waals surface area contributed by atoms with Crippen molar-refractivity contribution in [1.29, 1.82) is 0 Å². The third-order valence-electron chi connectivity index (χ3n) is 5.86. The first-order valence-corrected chi connectivity index (χ1v) is 12.3. The highest BCUT2D eigenvalue weighted by molar-refractivity contribution is 7.90. The number of sulfone groups is 1. The highest BCUT2D eigenvalue weighted by Crippen LogP contribution is 2.29. The number of aromatic nitrogens is 2. The molecule has 0 saturated carbocycles. The highest BCUT2D eigenvalue weighted by Gasteiger charge is 2.24. The number of hydrogen-bond donors (Lipinski definition) is 0. The molecule has 0 unspecified atom stereocenters. The Kier molecular flexibility index (Phi) is 5.64. The van der Waals surface area contributed by atoms with E-state index in [0.29, 0.717) is 35.0 Å². The van der Waals surface area contributed by atoms with Crippen LogP contribution in [0.3, 0.4) is 0 Å². The molecule has 5 rings (SSSR count). The van der Waals surface area contributed by atoms with E-state index in [2.05, 4.69) is 9.97 Å². The van der Waals surface area contributed by atoms with Crippen LogP contribution in [0.1, 0.15) is 21.5 Å². The number of benzene rings is 2.